The van der Waals surface area contributed by atoms with E-state index < -0.39 is 24.5 Å². The maximum absolute atomic E-state index is 13.8. The molecule has 2 aliphatic rings. The van der Waals surface area contributed by atoms with Gasteiger partial charge >= 0.3 is 6.61 Å². The van der Waals surface area contributed by atoms with Crippen LogP contribution in [0.5, 0.6) is 5.75 Å². The highest BCUT2D eigenvalue weighted by Gasteiger charge is 2.33. The lowest BCUT2D eigenvalue weighted by atomic mass is 10.1. The van der Waals surface area contributed by atoms with Crippen molar-refractivity contribution >= 4 is 0 Å². The lowest BCUT2D eigenvalue weighted by Gasteiger charge is -2.37. The van der Waals surface area contributed by atoms with Crippen LogP contribution in [0.3, 0.4) is 0 Å². The predicted molar refractivity (Wildman–Crippen MR) is 99.1 cm³/mol. The predicted octanol–water partition coefficient (Wildman–Crippen LogP) is 4.30. The van der Waals surface area contributed by atoms with Crippen molar-refractivity contribution in [3.63, 3.8) is 0 Å². The van der Waals surface area contributed by atoms with Gasteiger partial charge in [-0.15, -0.1) is 0 Å². The molecule has 8 heteroatoms. The number of halogens is 3. The summed E-state index contributed by atoms with van der Waals surface area (Å²) in [5.74, 6) is -0.989. The summed E-state index contributed by atoms with van der Waals surface area (Å²) >= 11 is 0. The molecule has 0 amide bonds. The number of hydrogen-bond donors (Lipinski definition) is 0. The van der Waals surface area contributed by atoms with E-state index in [4.69, 9.17) is 18.9 Å². The van der Waals surface area contributed by atoms with Crippen LogP contribution < -0.4 is 4.74 Å². The highest BCUT2D eigenvalue weighted by Crippen LogP contribution is 2.25. The van der Waals surface area contributed by atoms with Crippen molar-refractivity contribution in [3.05, 3.63) is 41.7 Å². The van der Waals surface area contributed by atoms with Crippen LogP contribution in [0.2, 0.25) is 0 Å². The lowest BCUT2D eigenvalue weighted by Crippen LogP contribution is -2.44. The van der Waals surface area contributed by atoms with Crippen molar-refractivity contribution in [1.29, 1.82) is 0 Å². The van der Waals surface area contributed by atoms with Crippen molar-refractivity contribution in [1.82, 2.24) is 0 Å². The van der Waals surface area contributed by atoms with Gasteiger partial charge in [-0.2, -0.15) is 8.78 Å². The minimum Gasteiger partial charge on any atom is -0.432 e. The summed E-state index contributed by atoms with van der Waals surface area (Å²) in [6, 6.07) is 3.95. The first-order chi connectivity index (χ1) is 14.0. The Kier molecular flexibility index (Phi) is 8.35. The van der Waals surface area contributed by atoms with Crippen LogP contribution in [-0.4, -0.2) is 45.6 Å². The Morgan fingerprint density at radius 1 is 1.10 bits per heavy atom. The molecular weight excluding hydrogens is 389 g/mol. The molecule has 1 aromatic rings. The van der Waals surface area contributed by atoms with Gasteiger partial charge in [0.1, 0.15) is 0 Å². The maximum Gasteiger partial charge on any atom is 0.387 e. The molecule has 0 aromatic heterocycles. The van der Waals surface area contributed by atoms with Crippen LogP contribution in [0.1, 0.15) is 25.3 Å². The number of hydrogen-bond acceptors (Lipinski definition) is 5. The largest absolute Gasteiger partial charge is 0.432 e. The Morgan fingerprint density at radius 2 is 1.83 bits per heavy atom. The number of aryl methyl sites for hydroxylation is 1. The summed E-state index contributed by atoms with van der Waals surface area (Å²) in [5.41, 5.74) is 0.656. The molecule has 162 valence electrons. The average molecular weight is 416 g/mol. The highest BCUT2D eigenvalue weighted by molar-refractivity contribution is 5.29. The number of benzene rings is 1. The topological polar surface area (TPSA) is 46.2 Å². The molecule has 0 unspecified atom stereocenters. The first kappa shape index (κ1) is 22.1. The zero-order valence-electron chi connectivity index (χ0n) is 16.4. The van der Waals surface area contributed by atoms with Crippen LogP contribution >= 0.6 is 0 Å². The van der Waals surface area contributed by atoms with Gasteiger partial charge in [-0.1, -0.05) is 25.1 Å². The molecule has 2 saturated heterocycles. The molecule has 0 aliphatic carbocycles. The first-order valence-corrected chi connectivity index (χ1v) is 9.91. The van der Waals surface area contributed by atoms with Gasteiger partial charge in [0.25, 0.3) is 0 Å². The quantitative estimate of drug-likeness (QED) is 0.591. The number of alkyl halides is 2. The fraction of sp³-hybridized carbons (Fsp3) is 0.619. The second-order valence-electron chi connectivity index (χ2n) is 7.17. The van der Waals surface area contributed by atoms with E-state index in [0.717, 1.165) is 6.42 Å². The second-order valence-corrected chi connectivity index (χ2v) is 7.17. The fourth-order valence-corrected chi connectivity index (χ4v) is 3.30. The van der Waals surface area contributed by atoms with Crippen LogP contribution in [-0.2, 0) is 25.4 Å². The van der Waals surface area contributed by atoms with Gasteiger partial charge in [0.2, 0.25) is 0 Å². The molecule has 0 atom stereocenters. The van der Waals surface area contributed by atoms with E-state index in [0.29, 0.717) is 44.8 Å². The van der Waals surface area contributed by atoms with Gasteiger partial charge in [0, 0.05) is 12.3 Å². The number of ether oxygens (including phenoxy) is 5. The Labute approximate surface area is 168 Å². The molecule has 0 saturated carbocycles. The van der Waals surface area contributed by atoms with Crippen molar-refractivity contribution < 1.29 is 36.9 Å². The summed E-state index contributed by atoms with van der Waals surface area (Å²) in [4.78, 5) is 0. The Morgan fingerprint density at radius 3 is 2.45 bits per heavy atom. The minimum absolute atomic E-state index is 0.00517. The number of rotatable bonds is 8. The molecule has 0 N–H and O–H groups in total. The maximum atomic E-state index is 13.8. The molecule has 29 heavy (non-hydrogen) atoms. The van der Waals surface area contributed by atoms with Crippen LogP contribution in [0.4, 0.5) is 13.2 Å². The smallest absolute Gasteiger partial charge is 0.387 e. The molecule has 0 radical (unpaired) electrons. The second kappa shape index (κ2) is 11.0. The first-order valence-electron chi connectivity index (χ1n) is 9.91. The van der Waals surface area contributed by atoms with Gasteiger partial charge in [0.05, 0.1) is 32.3 Å². The molecule has 2 fully saturated rings. The Balaban J connectivity index is 1.38. The molecule has 3 rings (SSSR count). The molecule has 0 spiro atoms. The molecule has 2 aliphatic heterocycles. The van der Waals surface area contributed by atoms with E-state index in [1.807, 2.05) is 0 Å². The third-order valence-electron chi connectivity index (χ3n) is 4.85. The molecule has 2 heterocycles. The van der Waals surface area contributed by atoms with E-state index in [2.05, 4.69) is 23.8 Å². The van der Waals surface area contributed by atoms with E-state index in [1.165, 1.54) is 12.1 Å². The molecule has 0 bridgehead atoms. The van der Waals surface area contributed by atoms with Gasteiger partial charge < -0.3 is 23.7 Å². The highest BCUT2D eigenvalue weighted by atomic mass is 19.3. The van der Waals surface area contributed by atoms with Crippen LogP contribution in [0.15, 0.2) is 30.4 Å². The monoisotopic (exact) mass is 416 g/mol. The molecule has 5 nitrogen and oxygen atoms in total. The zero-order valence-corrected chi connectivity index (χ0v) is 16.4. The molecule has 1 aromatic carbocycles. The SMILES string of the molecule is CC/C=C/C1COC(C2COC(CCc3ccc(OC(F)F)c(F)c3)OC2)OC1. The van der Waals surface area contributed by atoms with Gasteiger partial charge in [0.15, 0.2) is 24.1 Å². The minimum atomic E-state index is -3.05. The van der Waals surface area contributed by atoms with Gasteiger partial charge in [-0.25, -0.2) is 4.39 Å². The standard InChI is InChI=1S/C21H27F3O5/c1-2-3-4-15-10-27-20(28-11-15)16-12-25-19(26-13-16)8-6-14-5-7-18(17(22)9-14)29-21(23)24/h3-5,7,9,15-16,19-21H,2,6,8,10-13H2,1H3/b4-3+. The Hall–Kier alpha value is -1.61. The summed E-state index contributed by atoms with van der Waals surface area (Å²) in [6.07, 6.45) is 5.50. The van der Waals surface area contributed by atoms with Gasteiger partial charge in [-0.05, 0) is 30.5 Å². The fourth-order valence-electron chi connectivity index (χ4n) is 3.30. The summed E-state index contributed by atoms with van der Waals surface area (Å²) in [7, 11) is 0. The third-order valence-corrected chi connectivity index (χ3v) is 4.85. The van der Waals surface area contributed by atoms with E-state index >= 15 is 0 Å². The summed E-state index contributed by atoms with van der Waals surface area (Å²) in [6.45, 7) is 1.20. The lowest BCUT2D eigenvalue weighted by molar-refractivity contribution is -0.278. The summed E-state index contributed by atoms with van der Waals surface area (Å²) < 4.78 is 65.4. The van der Waals surface area contributed by atoms with Crippen molar-refractivity contribution in [3.8, 4) is 5.75 Å². The van der Waals surface area contributed by atoms with Crippen molar-refractivity contribution in [2.75, 3.05) is 26.4 Å². The normalized spacial score (nSPS) is 28.2. The molecular formula is C21H27F3O5. The van der Waals surface area contributed by atoms with E-state index in [9.17, 15) is 13.2 Å². The van der Waals surface area contributed by atoms with Crippen molar-refractivity contribution in [2.45, 2.75) is 45.4 Å². The van der Waals surface area contributed by atoms with Crippen LogP contribution in [0.25, 0.3) is 0 Å². The number of allylic oxidation sites excluding steroid dienone is 1. The van der Waals surface area contributed by atoms with Gasteiger partial charge in [-0.3, -0.25) is 0 Å². The van der Waals surface area contributed by atoms with Crippen molar-refractivity contribution in [2.24, 2.45) is 11.8 Å². The zero-order chi connectivity index (χ0) is 20.6. The van der Waals surface area contributed by atoms with Crippen LogP contribution in [0, 0.1) is 17.7 Å². The van der Waals surface area contributed by atoms with E-state index in [-0.39, 0.29) is 18.1 Å². The van der Waals surface area contributed by atoms with E-state index in [1.54, 1.807) is 6.07 Å². The third kappa shape index (κ3) is 6.70. The summed E-state index contributed by atoms with van der Waals surface area (Å²) in [5, 5.41) is 0. The average Bonchev–Trinajstić information content (AvgIpc) is 2.73. The Bertz CT molecular complexity index is 654.